The van der Waals surface area contributed by atoms with Crippen molar-refractivity contribution in [3.8, 4) is 5.75 Å². The molecule has 0 aliphatic rings. The number of rotatable bonds is 10. The van der Waals surface area contributed by atoms with Crippen molar-refractivity contribution < 1.29 is 34.1 Å². The molecule has 4 rings (SSSR count). The number of carbonyl (C=O) groups is 4. The number of halogens is 1. The second kappa shape index (κ2) is 13.0. The van der Waals surface area contributed by atoms with Crippen LogP contribution in [0, 0.1) is 0 Å². The van der Waals surface area contributed by atoms with Crippen LogP contribution in [0.5, 0.6) is 5.75 Å². The number of carboxylic acid groups (broad SMARTS) is 2. The van der Waals surface area contributed by atoms with E-state index >= 15 is 0 Å². The van der Waals surface area contributed by atoms with E-state index < -0.39 is 28.7 Å². The fraction of sp³-hybridized carbons (Fsp3) is 0.0667. The van der Waals surface area contributed by atoms with Gasteiger partial charge in [-0.3, -0.25) is 9.59 Å². The lowest BCUT2D eigenvalue weighted by molar-refractivity contribution is -0.115. The molecule has 0 aliphatic carbocycles. The zero-order valence-electron chi connectivity index (χ0n) is 21.5. The van der Waals surface area contributed by atoms with Gasteiger partial charge in [0, 0.05) is 16.3 Å². The molecule has 0 aromatic heterocycles. The second-order valence-electron chi connectivity index (χ2n) is 8.60. The first-order valence-electron chi connectivity index (χ1n) is 12.0. The fourth-order valence-electron chi connectivity index (χ4n) is 3.89. The highest BCUT2D eigenvalue weighted by Crippen LogP contribution is 2.38. The van der Waals surface area contributed by atoms with E-state index in [4.69, 9.17) is 21.4 Å². The lowest BCUT2D eigenvalue weighted by Crippen LogP contribution is -2.19. The molecule has 0 fully saturated rings. The molecule has 208 valence electrons. The molecule has 4 N–H and O–H groups in total. The second-order valence-corrected chi connectivity index (χ2v) is 10.2. The molecule has 41 heavy (non-hydrogen) atoms. The molecule has 1 atom stereocenters. The zero-order chi connectivity index (χ0) is 29.5. The van der Waals surface area contributed by atoms with Crippen LogP contribution in [0.3, 0.4) is 0 Å². The number of methoxy groups -OCH3 is 1. The van der Waals surface area contributed by atoms with Gasteiger partial charge in [0.1, 0.15) is 11.0 Å². The number of hydrogen-bond acceptors (Lipinski definition) is 6. The Labute approximate surface area is 244 Å². The first kappa shape index (κ1) is 29.2. The van der Waals surface area contributed by atoms with Crippen molar-refractivity contribution in [3.05, 3.63) is 118 Å². The van der Waals surface area contributed by atoms with Gasteiger partial charge in [0.05, 0.1) is 28.8 Å². The number of carbonyl (C=O) groups excluding carboxylic acids is 2. The highest BCUT2D eigenvalue weighted by molar-refractivity contribution is 8.00. The highest BCUT2D eigenvalue weighted by Gasteiger charge is 2.23. The van der Waals surface area contributed by atoms with Gasteiger partial charge in [0.15, 0.2) is 0 Å². The Kier molecular flexibility index (Phi) is 9.28. The SMILES string of the molecule is COc1ccc(NC(=O)C(Sc2cccc(NC(=O)c3ccc(C(=O)O)cc3C(=O)O)c2)c2ccccc2)cc1Cl. The first-order valence-corrected chi connectivity index (χ1v) is 13.3. The van der Waals surface area contributed by atoms with Crippen molar-refractivity contribution in [1.82, 2.24) is 0 Å². The van der Waals surface area contributed by atoms with Gasteiger partial charge in [0.25, 0.3) is 5.91 Å². The quantitative estimate of drug-likeness (QED) is 0.154. The Morgan fingerprint density at radius 1 is 0.780 bits per heavy atom. The molecular formula is C30H23ClN2O7S. The van der Waals surface area contributed by atoms with Crippen LogP contribution in [-0.4, -0.2) is 41.1 Å². The number of thioether (sulfide) groups is 1. The van der Waals surface area contributed by atoms with E-state index in [1.54, 1.807) is 42.5 Å². The monoisotopic (exact) mass is 590 g/mol. The Bertz CT molecular complexity index is 1630. The van der Waals surface area contributed by atoms with Crippen molar-refractivity contribution in [1.29, 1.82) is 0 Å². The third kappa shape index (κ3) is 7.24. The first-order chi connectivity index (χ1) is 19.7. The van der Waals surface area contributed by atoms with Crippen molar-refractivity contribution in [2.75, 3.05) is 17.7 Å². The number of ether oxygens (including phenoxy) is 1. The van der Waals surface area contributed by atoms with E-state index in [9.17, 15) is 24.3 Å². The lowest BCUT2D eigenvalue weighted by Gasteiger charge is -2.18. The van der Waals surface area contributed by atoms with Crippen LogP contribution < -0.4 is 15.4 Å². The zero-order valence-corrected chi connectivity index (χ0v) is 23.0. The van der Waals surface area contributed by atoms with Crippen molar-refractivity contribution in [3.63, 3.8) is 0 Å². The Morgan fingerprint density at radius 2 is 1.51 bits per heavy atom. The Hall–Kier alpha value is -4.80. The van der Waals surface area contributed by atoms with Gasteiger partial charge in [-0.25, -0.2) is 9.59 Å². The summed E-state index contributed by atoms with van der Waals surface area (Å²) < 4.78 is 5.17. The average molecular weight is 591 g/mol. The third-order valence-corrected chi connectivity index (χ3v) is 7.39. The standard InChI is InChI=1S/C30H23ClN2O7S/c1-40-25-13-11-20(16-24(25)31)33-28(35)26(17-6-3-2-4-7-17)41-21-9-5-8-19(15-21)32-27(34)22-12-10-18(29(36)37)14-23(22)30(38)39/h2-16,26H,1H3,(H,32,34)(H,33,35)(H,36,37)(H,38,39). The number of hydrogen-bond donors (Lipinski definition) is 4. The third-order valence-electron chi connectivity index (χ3n) is 5.85. The van der Waals surface area contributed by atoms with E-state index in [0.29, 0.717) is 27.0 Å². The van der Waals surface area contributed by atoms with Gasteiger partial charge in [-0.05, 0) is 60.2 Å². The van der Waals surface area contributed by atoms with Gasteiger partial charge in [0.2, 0.25) is 5.91 Å². The predicted molar refractivity (Wildman–Crippen MR) is 156 cm³/mol. The van der Waals surface area contributed by atoms with Crippen LogP contribution in [0.25, 0.3) is 0 Å². The smallest absolute Gasteiger partial charge is 0.336 e. The van der Waals surface area contributed by atoms with Crippen LogP contribution in [-0.2, 0) is 4.79 Å². The van der Waals surface area contributed by atoms with E-state index in [-0.39, 0.29) is 17.0 Å². The van der Waals surface area contributed by atoms with Crippen molar-refractivity contribution in [2.45, 2.75) is 10.1 Å². The molecule has 0 saturated carbocycles. The van der Waals surface area contributed by atoms with E-state index in [1.165, 1.54) is 18.9 Å². The molecule has 0 saturated heterocycles. The molecule has 0 bridgehead atoms. The van der Waals surface area contributed by atoms with E-state index in [0.717, 1.165) is 23.8 Å². The van der Waals surface area contributed by atoms with Crippen LogP contribution in [0.15, 0.2) is 95.9 Å². The summed E-state index contributed by atoms with van der Waals surface area (Å²) in [6.45, 7) is 0. The topological polar surface area (TPSA) is 142 Å². The number of aromatic carboxylic acids is 2. The summed E-state index contributed by atoms with van der Waals surface area (Å²) in [7, 11) is 1.50. The Morgan fingerprint density at radius 3 is 2.17 bits per heavy atom. The summed E-state index contributed by atoms with van der Waals surface area (Å²) in [6.07, 6.45) is 0. The lowest BCUT2D eigenvalue weighted by atomic mass is 10.0. The van der Waals surface area contributed by atoms with Crippen molar-refractivity contribution in [2.24, 2.45) is 0 Å². The molecule has 4 aromatic carbocycles. The van der Waals surface area contributed by atoms with Crippen LogP contribution in [0.1, 0.15) is 41.9 Å². The van der Waals surface area contributed by atoms with Crippen molar-refractivity contribution >= 4 is 58.5 Å². The minimum atomic E-state index is -1.43. The molecule has 1 unspecified atom stereocenters. The molecule has 0 heterocycles. The molecular weight excluding hydrogens is 568 g/mol. The summed E-state index contributed by atoms with van der Waals surface area (Å²) in [5, 5.41) is 23.9. The molecule has 2 amide bonds. The minimum absolute atomic E-state index is 0.194. The van der Waals surface area contributed by atoms with Gasteiger partial charge in [-0.1, -0.05) is 48.0 Å². The van der Waals surface area contributed by atoms with E-state index in [1.807, 2.05) is 30.3 Å². The minimum Gasteiger partial charge on any atom is -0.495 e. The van der Waals surface area contributed by atoms with Gasteiger partial charge in [-0.15, -0.1) is 11.8 Å². The molecule has 0 spiro atoms. The van der Waals surface area contributed by atoms with Crippen LogP contribution in [0.2, 0.25) is 5.02 Å². The summed E-state index contributed by atoms with van der Waals surface area (Å²) in [6, 6.07) is 24.1. The molecule has 4 aromatic rings. The summed E-state index contributed by atoms with van der Waals surface area (Å²) in [5.41, 5.74) is 0.708. The van der Waals surface area contributed by atoms with Crippen LogP contribution >= 0.6 is 23.4 Å². The largest absolute Gasteiger partial charge is 0.495 e. The fourth-order valence-corrected chi connectivity index (χ4v) is 5.23. The number of benzene rings is 4. The number of nitrogens with one attached hydrogen (secondary N) is 2. The maximum atomic E-state index is 13.4. The van der Waals surface area contributed by atoms with Crippen LogP contribution in [0.4, 0.5) is 11.4 Å². The molecule has 11 heteroatoms. The number of anilines is 2. The van der Waals surface area contributed by atoms with Gasteiger partial charge >= 0.3 is 11.9 Å². The summed E-state index contributed by atoms with van der Waals surface area (Å²) in [5.74, 6) is -3.30. The summed E-state index contributed by atoms with van der Waals surface area (Å²) >= 11 is 7.47. The van der Waals surface area contributed by atoms with E-state index in [2.05, 4.69) is 10.6 Å². The molecule has 0 radical (unpaired) electrons. The number of amides is 2. The highest BCUT2D eigenvalue weighted by atomic mass is 35.5. The maximum absolute atomic E-state index is 13.4. The van der Waals surface area contributed by atoms with Gasteiger partial charge < -0.3 is 25.6 Å². The average Bonchev–Trinajstić information content (AvgIpc) is 2.96. The number of carboxylic acids is 2. The Balaban J connectivity index is 1.57. The predicted octanol–water partition coefficient (Wildman–Crippen LogP) is 6.47. The maximum Gasteiger partial charge on any atom is 0.336 e. The summed E-state index contributed by atoms with van der Waals surface area (Å²) in [4.78, 5) is 49.9. The van der Waals surface area contributed by atoms with Gasteiger partial charge in [-0.2, -0.15) is 0 Å². The molecule has 0 aliphatic heterocycles. The molecule has 9 nitrogen and oxygen atoms in total. The normalized spacial score (nSPS) is 11.3.